The summed E-state index contributed by atoms with van der Waals surface area (Å²) in [7, 11) is -3.46. The number of thiophene rings is 1. The molecule has 0 unspecified atom stereocenters. The minimum Gasteiger partial charge on any atom is -0.256 e. The Kier molecular flexibility index (Phi) is 1.91. The van der Waals surface area contributed by atoms with Crippen LogP contribution in [-0.2, 0) is 14.5 Å². The molecule has 0 saturated carbocycles. The fraction of sp³-hybridized carbons (Fsp3) is 0.333. The van der Waals surface area contributed by atoms with Gasteiger partial charge in [0.1, 0.15) is 0 Å². The molecule has 1 atom stereocenters. The highest BCUT2D eigenvalue weighted by Gasteiger charge is 2.29. The molecule has 0 amide bonds. The highest BCUT2D eigenvalue weighted by molar-refractivity contribution is 7.84. The van der Waals surface area contributed by atoms with Crippen molar-refractivity contribution in [2.24, 2.45) is 0 Å². The van der Waals surface area contributed by atoms with Gasteiger partial charge in [-0.15, -0.1) is 11.3 Å². The average molecular weight is 205 g/mol. The number of hydrogen-bond donors (Lipinski definition) is 1. The van der Waals surface area contributed by atoms with Gasteiger partial charge >= 0.3 is 10.3 Å². The van der Waals surface area contributed by atoms with Crippen molar-refractivity contribution < 1.29 is 12.6 Å². The van der Waals surface area contributed by atoms with Crippen LogP contribution in [0.4, 0.5) is 0 Å². The molecule has 2 rings (SSSR count). The summed E-state index contributed by atoms with van der Waals surface area (Å²) in [6, 6.07) is 3.56. The Bertz CT molecular complexity index is 356. The second-order valence-corrected chi connectivity index (χ2v) is 4.78. The molecule has 1 N–H and O–H groups in total. The normalized spacial score (nSPS) is 27.5. The van der Waals surface area contributed by atoms with Crippen LogP contribution in [0, 0.1) is 0 Å². The predicted octanol–water partition coefficient (Wildman–Crippen LogP) is 0.654. The van der Waals surface area contributed by atoms with Crippen molar-refractivity contribution in [3.05, 3.63) is 22.4 Å². The van der Waals surface area contributed by atoms with Crippen molar-refractivity contribution in [2.45, 2.75) is 6.04 Å². The van der Waals surface area contributed by atoms with E-state index < -0.39 is 10.3 Å². The monoisotopic (exact) mass is 205 g/mol. The molecule has 4 nitrogen and oxygen atoms in total. The van der Waals surface area contributed by atoms with Gasteiger partial charge in [-0.25, -0.2) is 0 Å². The van der Waals surface area contributed by atoms with E-state index in [1.807, 2.05) is 17.5 Å². The number of nitrogens with one attached hydrogen (secondary N) is 1. The second kappa shape index (κ2) is 2.81. The van der Waals surface area contributed by atoms with E-state index in [4.69, 9.17) is 0 Å². The maximum absolute atomic E-state index is 10.8. The van der Waals surface area contributed by atoms with E-state index in [1.54, 1.807) is 0 Å². The maximum atomic E-state index is 10.8. The van der Waals surface area contributed by atoms with Crippen LogP contribution in [0.15, 0.2) is 17.5 Å². The molecule has 0 radical (unpaired) electrons. The molecule has 1 aromatic heterocycles. The van der Waals surface area contributed by atoms with Crippen LogP contribution in [0.25, 0.3) is 0 Å². The third-order valence-corrected chi connectivity index (χ3v) is 3.57. The van der Waals surface area contributed by atoms with E-state index in [9.17, 15) is 8.42 Å². The Morgan fingerprint density at radius 1 is 1.67 bits per heavy atom. The van der Waals surface area contributed by atoms with Crippen LogP contribution < -0.4 is 4.72 Å². The van der Waals surface area contributed by atoms with Crippen LogP contribution >= 0.6 is 11.3 Å². The van der Waals surface area contributed by atoms with Crippen molar-refractivity contribution in [2.75, 3.05) is 6.61 Å². The molecule has 0 spiro atoms. The lowest BCUT2D eigenvalue weighted by Gasteiger charge is -2.00. The zero-order valence-corrected chi connectivity index (χ0v) is 7.69. The lowest BCUT2D eigenvalue weighted by Crippen LogP contribution is -2.18. The van der Waals surface area contributed by atoms with Gasteiger partial charge in [-0.05, 0) is 11.4 Å². The summed E-state index contributed by atoms with van der Waals surface area (Å²) >= 11 is 1.51. The van der Waals surface area contributed by atoms with Gasteiger partial charge in [0.25, 0.3) is 0 Å². The summed E-state index contributed by atoms with van der Waals surface area (Å²) in [6.45, 7) is 0.197. The third-order valence-electron chi connectivity index (χ3n) is 1.56. The van der Waals surface area contributed by atoms with Gasteiger partial charge in [-0.3, -0.25) is 4.18 Å². The first-order chi connectivity index (χ1) is 5.67. The fourth-order valence-corrected chi connectivity index (χ4v) is 2.79. The molecule has 66 valence electrons. The highest BCUT2D eigenvalue weighted by Crippen LogP contribution is 2.24. The van der Waals surface area contributed by atoms with Crippen molar-refractivity contribution >= 4 is 21.6 Å². The van der Waals surface area contributed by atoms with Crippen LogP contribution in [0.1, 0.15) is 10.9 Å². The zero-order chi connectivity index (χ0) is 8.60. The van der Waals surface area contributed by atoms with Crippen molar-refractivity contribution in [3.63, 3.8) is 0 Å². The number of rotatable bonds is 1. The Morgan fingerprint density at radius 3 is 3.00 bits per heavy atom. The molecule has 12 heavy (non-hydrogen) atoms. The summed E-state index contributed by atoms with van der Waals surface area (Å²) in [5.41, 5.74) is 0. The lowest BCUT2D eigenvalue weighted by atomic mass is 10.3. The van der Waals surface area contributed by atoms with Crippen molar-refractivity contribution in [1.82, 2.24) is 4.72 Å². The second-order valence-electron chi connectivity index (χ2n) is 2.42. The minimum absolute atomic E-state index is 0.197. The lowest BCUT2D eigenvalue weighted by molar-refractivity contribution is 0.340. The van der Waals surface area contributed by atoms with Gasteiger partial charge in [0.15, 0.2) is 0 Å². The Morgan fingerprint density at radius 2 is 2.50 bits per heavy atom. The molecule has 1 fully saturated rings. The largest absolute Gasteiger partial charge is 0.336 e. The van der Waals surface area contributed by atoms with Crippen molar-refractivity contribution in [3.8, 4) is 0 Å². The molecule has 1 aliphatic heterocycles. The number of hydrogen-bond acceptors (Lipinski definition) is 4. The quantitative estimate of drug-likeness (QED) is 0.732. The standard InChI is InChI=1S/C6H7NO3S2/c8-12(9)7-5(4-10-12)6-2-1-3-11-6/h1-3,5,7H,4H2/t5-/m1/s1. The fourth-order valence-electron chi connectivity index (χ4n) is 1.03. The van der Waals surface area contributed by atoms with Gasteiger partial charge in [-0.1, -0.05) is 6.07 Å². The smallest absolute Gasteiger partial charge is 0.256 e. The molecule has 1 aliphatic rings. The van der Waals surface area contributed by atoms with Gasteiger partial charge < -0.3 is 0 Å². The van der Waals surface area contributed by atoms with Gasteiger partial charge in [-0.2, -0.15) is 13.1 Å². The summed E-state index contributed by atoms with van der Waals surface area (Å²) in [4.78, 5) is 0.982. The molecule has 1 aromatic rings. The third kappa shape index (κ3) is 1.51. The summed E-state index contributed by atoms with van der Waals surface area (Å²) in [5.74, 6) is 0. The first-order valence-corrected chi connectivity index (χ1v) is 5.66. The maximum Gasteiger partial charge on any atom is 0.336 e. The average Bonchev–Trinajstić information content (AvgIpc) is 2.55. The van der Waals surface area contributed by atoms with Crippen LogP contribution in [-0.4, -0.2) is 15.0 Å². The molecule has 2 heterocycles. The Hall–Kier alpha value is -0.430. The topological polar surface area (TPSA) is 55.4 Å². The van der Waals surface area contributed by atoms with E-state index in [1.165, 1.54) is 11.3 Å². The first-order valence-electron chi connectivity index (χ1n) is 3.37. The van der Waals surface area contributed by atoms with Crippen LogP contribution in [0.3, 0.4) is 0 Å². The van der Waals surface area contributed by atoms with E-state index in [2.05, 4.69) is 8.91 Å². The van der Waals surface area contributed by atoms with Gasteiger partial charge in [0, 0.05) is 4.88 Å². The van der Waals surface area contributed by atoms with Crippen molar-refractivity contribution in [1.29, 1.82) is 0 Å². The molecule has 0 bridgehead atoms. The van der Waals surface area contributed by atoms with Crippen LogP contribution in [0.5, 0.6) is 0 Å². The Balaban J connectivity index is 2.21. The van der Waals surface area contributed by atoms with E-state index in [-0.39, 0.29) is 12.6 Å². The van der Waals surface area contributed by atoms with E-state index >= 15 is 0 Å². The van der Waals surface area contributed by atoms with Gasteiger partial charge in [0.05, 0.1) is 12.6 Å². The minimum atomic E-state index is -3.46. The van der Waals surface area contributed by atoms with E-state index in [0.29, 0.717) is 0 Å². The molecular formula is C6H7NO3S2. The predicted molar refractivity (Wildman–Crippen MR) is 45.1 cm³/mol. The molecule has 0 aromatic carbocycles. The molecule has 0 aliphatic carbocycles. The zero-order valence-electron chi connectivity index (χ0n) is 6.06. The summed E-state index contributed by atoms with van der Waals surface area (Å²) in [5, 5.41) is 1.90. The van der Waals surface area contributed by atoms with Crippen LogP contribution in [0.2, 0.25) is 0 Å². The molecular weight excluding hydrogens is 198 g/mol. The van der Waals surface area contributed by atoms with Gasteiger partial charge in [0.2, 0.25) is 0 Å². The van der Waals surface area contributed by atoms with E-state index in [0.717, 1.165) is 4.88 Å². The Labute approximate surface area is 74.4 Å². The SMILES string of the molecule is O=S1(=O)N[C@@H](c2cccs2)CO1. The molecule has 6 heteroatoms. The summed E-state index contributed by atoms with van der Waals surface area (Å²) in [6.07, 6.45) is 0. The molecule has 1 saturated heterocycles. The summed E-state index contributed by atoms with van der Waals surface area (Å²) < 4.78 is 28.6. The highest BCUT2D eigenvalue weighted by atomic mass is 32.2. The first kappa shape index (κ1) is 8.18.